The number of benzene rings is 2. The number of H-pyrrole nitrogens is 1. The minimum Gasteiger partial charge on any atom is -0.491 e. The zero-order valence-electron chi connectivity index (χ0n) is 25.7. The van der Waals surface area contributed by atoms with E-state index in [9.17, 15) is 26.8 Å². The van der Waals surface area contributed by atoms with Gasteiger partial charge in [0.1, 0.15) is 21.9 Å². The van der Waals surface area contributed by atoms with E-state index in [4.69, 9.17) is 42.1 Å². The van der Waals surface area contributed by atoms with Crippen molar-refractivity contribution in [3.8, 4) is 17.2 Å². The fourth-order valence-electron chi connectivity index (χ4n) is 4.55. The normalized spacial score (nSPS) is 15.0. The molecule has 2 saturated carbocycles. The first kappa shape index (κ1) is 35.4. The van der Waals surface area contributed by atoms with E-state index in [1.165, 1.54) is 48.8 Å². The number of hydrogen-bond acceptors (Lipinski definition) is 9. The molecule has 16 heteroatoms. The Morgan fingerprint density at radius 2 is 1.58 bits per heavy atom. The van der Waals surface area contributed by atoms with Crippen LogP contribution in [0.2, 0.25) is 10.0 Å². The minimum atomic E-state index is -3.63. The summed E-state index contributed by atoms with van der Waals surface area (Å²) in [5.41, 5.74) is 0.948. The summed E-state index contributed by atoms with van der Waals surface area (Å²) >= 11 is 12.7. The third-order valence-electron chi connectivity index (χ3n) is 7.39. The van der Waals surface area contributed by atoms with Crippen LogP contribution in [0.15, 0.2) is 48.8 Å². The zero-order chi connectivity index (χ0) is 34.4. The summed E-state index contributed by atoms with van der Waals surface area (Å²) in [6.45, 7) is -3.23. The summed E-state index contributed by atoms with van der Waals surface area (Å²) in [4.78, 5) is 28.8. The minimum absolute atomic E-state index is 0.00960. The number of aromatic amines is 1. The van der Waals surface area contributed by atoms with Crippen molar-refractivity contribution in [1.29, 1.82) is 0 Å². The van der Waals surface area contributed by atoms with E-state index in [0.29, 0.717) is 36.2 Å². The molecule has 5 rings (SSSR count). The van der Waals surface area contributed by atoms with Crippen LogP contribution in [0.25, 0.3) is 0 Å². The lowest BCUT2D eigenvalue weighted by molar-refractivity contribution is -0.377. The Hall–Kier alpha value is -3.88. The molecule has 0 bridgehead atoms. The molecule has 0 aliphatic heterocycles. The van der Waals surface area contributed by atoms with E-state index in [-0.39, 0.29) is 45.0 Å². The van der Waals surface area contributed by atoms with E-state index in [2.05, 4.69) is 14.4 Å². The molecule has 2 aromatic carbocycles. The molecular formula is C32H33Cl2F2N2O9S+. The Morgan fingerprint density at radius 3 is 2.19 bits per heavy atom. The Labute approximate surface area is 285 Å². The number of ether oxygens (including phenoxy) is 5. The van der Waals surface area contributed by atoms with Gasteiger partial charge in [-0.3, -0.25) is 4.72 Å². The van der Waals surface area contributed by atoms with E-state index in [0.717, 1.165) is 31.9 Å². The van der Waals surface area contributed by atoms with Gasteiger partial charge in [0.2, 0.25) is 10.0 Å². The lowest BCUT2D eigenvalue weighted by atomic mass is 10.0. The van der Waals surface area contributed by atoms with Gasteiger partial charge in [0.25, 0.3) is 0 Å². The molecule has 1 atom stereocenters. The highest BCUT2D eigenvalue weighted by atomic mass is 35.5. The number of carbonyl (C=O) groups is 2. The standard InChI is InChI=1S/C32H32Cl2F2N2O9S/c1-48(41,42)38-25-8-6-21(11-28(25)43-15-18-2-3-18)31(40)45-17-30(39)46-27(12-22-23(33)13-37-14-24(22)34)20-7-9-26(47-32(35)36)29(10-20)44-16-19-4-5-19/h6-11,13-14,18-19,27,32,38H,2-5,12,15-17H2,1H3/p+1/t27-/m0/s1. The van der Waals surface area contributed by atoms with E-state index < -0.39 is 41.3 Å². The first-order chi connectivity index (χ1) is 22.8. The van der Waals surface area contributed by atoms with Crippen LogP contribution in [0.3, 0.4) is 0 Å². The molecule has 11 nitrogen and oxygen atoms in total. The van der Waals surface area contributed by atoms with Gasteiger partial charge < -0.3 is 23.7 Å². The average Bonchev–Trinajstić information content (AvgIpc) is 3.95. The second-order valence-corrected chi connectivity index (χ2v) is 14.1. The molecule has 0 unspecified atom stereocenters. The third kappa shape index (κ3) is 10.6. The number of aromatic nitrogens is 1. The van der Waals surface area contributed by atoms with Crippen LogP contribution in [-0.2, 0) is 30.7 Å². The Bertz CT molecular complexity index is 1740. The van der Waals surface area contributed by atoms with Crippen LogP contribution >= 0.6 is 23.2 Å². The Morgan fingerprint density at radius 1 is 0.938 bits per heavy atom. The molecule has 1 aromatic heterocycles. The number of sulfonamides is 1. The summed E-state index contributed by atoms with van der Waals surface area (Å²) in [5.74, 6) is -1.17. The number of rotatable bonds is 17. The van der Waals surface area contributed by atoms with Gasteiger partial charge in [0, 0.05) is 12.0 Å². The first-order valence-corrected chi connectivity index (χ1v) is 17.7. The predicted molar refractivity (Wildman–Crippen MR) is 170 cm³/mol. The van der Waals surface area contributed by atoms with Crippen LogP contribution in [0.5, 0.6) is 17.2 Å². The van der Waals surface area contributed by atoms with Gasteiger partial charge in [0.15, 0.2) is 30.5 Å². The highest BCUT2D eigenvalue weighted by Gasteiger charge is 2.27. The Kier molecular flexibility index (Phi) is 11.5. The molecule has 2 aliphatic carbocycles. The lowest BCUT2D eigenvalue weighted by Crippen LogP contribution is -2.21. The molecule has 0 radical (unpaired) electrons. The van der Waals surface area contributed by atoms with Crippen molar-refractivity contribution in [3.63, 3.8) is 0 Å². The predicted octanol–water partition coefficient (Wildman–Crippen LogP) is 6.04. The molecule has 3 aromatic rings. The highest BCUT2D eigenvalue weighted by Crippen LogP contribution is 2.38. The lowest BCUT2D eigenvalue weighted by Gasteiger charge is -2.21. The number of esters is 2. The molecule has 2 N–H and O–H groups in total. The maximum absolute atomic E-state index is 13.1. The SMILES string of the molecule is CS(=O)(=O)Nc1ccc(C(=O)OCC(=O)O[C@@H](Cc2c(Cl)c[nH+]cc2Cl)c2ccc(OC(F)F)c(OCC3CC3)c2)cc1OCC1CC1. The van der Waals surface area contributed by atoms with Gasteiger partial charge in [-0.05, 0) is 73.4 Å². The molecule has 1 heterocycles. The number of pyridine rings is 1. The molecule has 0 saturated heterocycles. The highest BCUT2D eigenvalue weighted by molar-refractivity contribution is 7.92. The van der Waals surface area contributed by atoms with Crippen molar-refractivity contribution in [2.45, 2.75) is 44.8 Å². The number of carbonyl (C=O) groups excluding carboxylic acids is 2. The van der Waals surface area contributed by atoms with Gasteiger partial charge in [-0.15, -0.1) is 0 Å². The molecule has 2 fully saturated rings. The van der Waals surface area contributed by atoms with Crippen LogP contribution in [0.1, 0.15) is 53.3 Å². The van der Waals surface area contributed by atoms with Crippen molar-refractivity contribution in [3.05, 3.63) is 75.5 Å². The summed E-state index contributed by atoms with van der Waals surface area (Å²) in [7, 11) is -3.63. The number of alkyl halides is 2. The third-order valence-corrected chi connectivity index (χ3v) is 8.66. The van der Waals surface area contributed by atoms with Crippen molar-refractivity contribution in [2.24, 2.45) is 11.8 Å². The number of nitrogens with one attached hydrogen (secondary N) is 2. The molecule has 48 heavy (non-hydrogen) atoms. The van der Waals surface area contributed by atoms with Crippen molar-refractivity contribution in [2.75, 3.05) is 30.8 Å². The molecule has 0 spiro atoms. The average molecular weight is 731 g/mol. The summed E-state index contributed by atoms with van der Waals surface area (Å²) in [5, 5.41) is 0.512. The van der Waals surface area contributed by atoms with Crippen LogP contribution < -0.4 is 23.9 Å². The van der Waals surface area contributed by atoms with Crippen LogP contribution in [-0.4, -0.2) is 53.0 Å². The number of hydrogen-bond donors (Lipinski definition) is 1. The summed E-state index contributed by atoms with van der Waals surface area (Å²) in [6.07, 6.45) is 6.78. The smallest absolute Gasteiger partial charge is 0.387 e. The molecule has 258 valence electrons. The van der Waals surface area contributed by atoms with Gasteiger partial charge in [0.05, 0.1) is 30.7 Å². The van der Waals surface area contributed by atoms with Crippen molar-refractivity contribution in [1.82, 2.24) is 0 Å². The van der Waals surface area contributed by atoms with Crippen molar-refractivity contribution < 1.29 is 55.5 Å². The number of anilines is 1. The van der Waals surface area contributed by atoms with Gasteiger partial charge in [-0.25, -0.2) is 23.0 Å². The number of halogens is 4. The fourth-order valence-corrected chi connectivity index (χ4v) is 5.65. The topological polar surface area (TPSA) is 141 Å². The summed E-state index contributed by atoms with van der Waals surface area (Å²) in [6, 6.07) is 8.20. The second kappa shape index (κ2) is 15.6. The molecular weight excluding hydrogens is 697 g/mol. The maximum Gasteiger partial charge on any atom is 0.387 e. The monoisotopic (exact) mass is 729 g/mol. The maximum atomic E-state index is 13.1. The van der Waals surface area contributed by atoms with E-state index >= 15 is 0 Å². The van der Waals surface area contributed by atoms with E-state index in [1.54, 1.807) is 0 Å². The fraction of sp³-hybridized carbons (Fsp3) is 0.406. The quantitative estimate of drug-likeness (QED) is 0.165. The molecule has 0 amide bonds. The molecule has 2 aliphatic rings. The van der Waals surface area contributed by atoms with Crippen LogP contribution in [0.4, 0.5) is 14.5 Å². The van der Waals surface area contributed by atoms with Crippen LogP contribution in [0, 0.1) is 11.8 Å². The first-order valence-electron chi connectivity index (χ1n) is 15.0. The second-order valence-electron chi connectivity index (χ2n) is 11.6. The van der Waals surface area contributed by atoms with Gasteiger partial charge >= 0.3 is 18.6 Å². The Balaban J connectivity index is 1.32. The van der Waals surface area contributed by atoms with Gasteiger partial charge in [-0.1, -0.05) is 29.3 Å². The van der Waals surface area contributed by atoms with Gasteiger partial charge in [-0.2, -0.15) is 8.78 Å². The zero-order valence-corrected chi connectivity index (χ0v) is 28.0. The van der Waals surface area contributed by atoms with E-state index in [1.807, 2.05) is 0 Å². The van der Waals surface area contributed by atoms with Crippen molar-refractivity contribution >= 4 is 50.9 Å². The largest absolute Gasteiger partial charge is 0.491 e. The summed E-state index contributed by atoms with van der Waals surface area (Å²) < 4.78 is 79.4.